The second-order valence-electron chi connectivity index (χ2n) is 8.03. The van der Waals surface area contributed by atoms with Gasteiger partial charge in [0, 0.05) is 12.6 Å². The Morgan fingerprint density at radius 3 is 2.23 bits per heavy atom. The summed E-state index contributed by atoms with van der Waals surface area (Å²) in [5.74, 6) is 1.53. The number of hydrogen-bond acceptors (Lipinski definition) is 5. The fourth-order valence-corrected chi connectivity index (χ4v) is 5.20. The molecule has 6 nitrogen and oxygen atoms in total. The van der Waals surface area contributed by atoms with E-state index in [1.54, 1.807) is 29.2 Å². The van der Waals surface area contributed by atoms with E-state index >= 15 is 0 Å². The monoisotopic (exact) mass is 431 g/mol. The van der Waals surface area contributed by atoms with Crippen LogP contribution in [0.2, 0.25) is 0 Å². The molecular weight excluding hydrogens is 402 g/mol. The van der Waals surface area contributed by atoms with Gasteiger partial charge in [-0.2, -0.15) is 0 Å². The summed E-state index contributed by atoms with van der Waals surface area (Å²) in [6, 6.07) is 16.8. The summed E-state index contributed by atoms with van der Waals surface area (Å²) in [5, 5.41) is 0. The number of sulfone groups is 1. The molecule has 1 amide bonds. The Hall–Kier alpha value is -2.54. The molecule has 0 spiro atoms. The van der Waals surface area contributed by atoms with Crippen molar-refractivity contribution in [2.24, 2.45) is 5.92 Å². The van der Waals surface area contributed by atoms with Gasteiger partial charge in [-0.3, -0.25) is 4.79 Å². The average molecular weight is 432 g/mol. The summed E-state index contributed by atoms with van der Waals surface area (Å²) in [5.41, 5.74) is 1.09. The number of hydrogen-bond donors (Lipinski definition) is 0. The van der Waals surface area contributed by atoms with Crippen LogP contribution >= 0.6 is 0 Å². The first-order valence-electron chi connectivity index (χ1n) is 10.2. The number of amides is 1. The van der Waals surface area contributed by atoms with Gasteiger partial charge in [-0.05, 0) is 42.2 Å². The average Bonchev–Trinajstić information content (AvgIpc) is 3.09. The molecule has 0 bridgehead atoms. The first kappa shape index (κ1) is 22.2. The van der Waals surface area contributed by atoms with Gasteiger partial charge in [0.15, 0.2) is 16.4 Å². The third kappa shape index (κ3) is 6.49. The zero-order valence-corrected chi connectivity index (χ0v) is 18.3. The summed E-state index contributed by atoms with van der Waals surface area (Å²) in [7, 11) is -3.06. The maximum absolute atomic E-state index is 12.8. The number of carbonyl (C=O) groups excluding carboxylic acids is 1. The lowest BCUT2D eigenvalue weighted by molar-refractivity contribution is -0.135. The topological polar surface area (TPSA) is 72.9 Å². The highest BCUT2D eigenvalue weighted by atomic mass is 32.2. The number of benzene rings is 2. The van der Waals surface area contributed by atoms with E-state index in [2.05, 4.69) is 0 Å². The van der Waals surface area contributed by atoms with Gasteiger partial charge >= 0.3 is 0 Å². The Bertz CT molecular complexity index is 926. The number of carbonyl (C=O) groups is 1. The molecule has 3 rings (SSSR count). The maximum atomic E-state index is 12.8. The lowest BCUT2D eigenvalue weighted by Crippen LogP contribution is -2.45. The lowest BCUT2D eigenvalue weighted by atomic mass is 10.1. The molecule has 162 valence electrons. The van der Waals surface area contributed by atoms with E-state index in [4.69, 9.17) is 9.47 Å². The molecule has 0 radical (unpaired) electrons. The molecule has 0 saturated carbocycles. The molecule has 1 aliphatic rings. The molecule has 2 aromatic rings. The number of nitrogens with zero attached hydrogens (tertiary/aromatic N) is 1. The molecule has 1 saturated heterocycles. The minimum Gasteiger partial charge on any atom is -0.489 e. The van der Waals surface area contributed by atoms with Gasteiger partial charge in [-0.25, -0.2) is 8.42 Å². The summed E-state index contributed by atoms with van der Waals surface area (Å²) >= 11 is 0. The SMILES string of the molecule is CC(C)CN(C(=O)COc1ccc(OCc2ccccc2)cc1)C1CCS(=O)(=O)C1. The summed E-state index contributed by atoms with van der Waals surface area (Å²) < 4.78 is 35.1. The van der Waals surface area contributed by atoms with Crippen molar-refractivity contribution in [3.8, 4) is 11.5 Å². The van der Waals surface area contributed by atoms with Crippen LogP contribution in [0.5, 0.6) is 11.5 Å². The van der Waals surface area contributed by atoms with Gasteiger partial charge in [0.2, 0.25) is 0 Å². The predicted octanol–water partition coefficient (Wildman–Crippen LogP) is 3.32. The van der Waals surface area contributed by atoms with Crippen LogP contribution in [0.1, 0.15) is 25.8 Å². The normalized spacial score (nSPS) is 17.6. The van der Waals surface area contributed by atoms with Gasteiger partial charge < -0.3 is 14.4 Å². The van der Waals surface area contributed by atoms with Crippen LogP contribution < -0.4 is 9.47 Å². The molecule has 1 fully saturated rings. The van der Waals surface area contributed by atoms with Crippen molar-refractivity contribution >= 4 is 15.7 Å². The standard InChI is InChI=1S/C23H29NO5S/c1-18(2)14-24(20-12-13-30(26,27)17-20)23(25)16-29-22-10-8-21(9-11-22)28-15-19-6-4-3-5-7-19/h3-11,18,20H,12-17H2,1-2H3. The first-order chi connectivity index (χ1) is 14.3. The molecule has 0 N–H and O–H groups in total. The van der Waals surface area contributed by atoms with Gasteiger partial charge in [0.05, 0.1) is 11.5 Å². The molecule has 30 heavy (non-hydrogen) atoms. The Morgan fingerprint density at radius 1 is 1.03 bits per heavy atom. The first-order valence-corrected chi connectivity index (χ1v) is 12.0. The van der Waals surface area contributed by atoms with Crippen molar-refractivity contribution < 1.29 is 22.7 Å². The Kier molecular flexibility index (Phi) is 7.37. The second kappa shape index (κ2) is 9.98. The zero-order chi connectivity index (χ0) is 21.6. The smallest absolute Gasteiger partial charge is 0.260 e. The van der Waals surface area contributed by atoms with Crippen LogP contribution in [0, 0.1) is 5.92 Å². The Labute approximate surface area is 178 Å². The van der Waals surface area contributed by atoms with Crippen LogP contribution in [-0.4, -0.2) is 49.9 Å². The van der Waals surface area contributed by atoms with E-state index in [-0.39, 0.29) is 36.0 Å². The molecule has 1 atom stereocenters. The van der Waals surface area contributed by atoms with E-state index in [9.17, 15) is 13.2 Å². The molecule has 0 aromatic heterocycles. The Balaban J connectivity index is 1.53. The van der Waals surface area contributed by atoms with Crippen LogP contribution in [0.4, 0.5) is 0 Å². The Morgan fingerprint density at radius 2 is 1.67 bits per heavy atom. The lowest BCUT2D eigenvalue weighted by Gasteiger charge is -2.29. The summed E-state index contributed by atoms with van der Waals surface area (Å²) in [6.07, 6.45) is 0.494. The van der Waals surface area contributed by atoms with E-state index in [0.29, 0.717) is 25.3 Å². The molecule has 1 heterocycles. The van der Waals surface area contributed by atoms with Gasteiger partial charge in [-0.1, -0.05) is 44.2 Å². The van der Waals surface area contributed by atoms with Crippen molar-refractivity contribution in [3.05, 3.63) is 60.2 Å². The predicted molar refractivity (Wildman–Crippen MR) is 116 cm³/mol. The second-order valence-corrected chi connectivity index (χ2v) is 10.3. The van der Waals surface area contributed by atoms with Gasteiger partial charge in [-0.15, -0.1) is 0 Å². The molecule has 1 unspecified atom stereocenters. The van der Waals surface area contributed by atoms with Crippen molar-refractivity contribution in [1.82, 2.24) is 4.90 Å². The van der Waals surface area contributed by atoms with Gasteiger partial charge in [0.25, 0.3) is 5.91 Å². The quantitative estimate of drug-likeness (QED) is 0.609. The van der Waals surface area contributed by atoms with Crippen LogP contribution in [0.15, 0.2) is 54.6 Å². The number of ether oxygens (including phenoxy) is 2. The van der Waals surface area contributed by atoms with E-state index < -0.39 is 9.84 Å². The fourth-order valence-electron chi connectivity index (χ4n) is 3.47. The van der Waals surface area contributed by atoms with Crippen molar-refractivity contribution in [1.29, 1.82) is 0 Å². The summed E-state index contributed by atoms with van der Waals surface area (Å²) in [4.78, 5) is 14.4. The third-order valence-electron chi connectivity index (χ3n) is 4.97. The van der Waals surface area contributed by atoms with Crippen LogP contribution in [0.3, 0.4) is 0 Å². The fraction of sp³-hybridized carbons (Fsp3) is 0.435. The molecule has 7 heteroatoms. The highest BCUT2D eigenvalue weighted by Crippen LogP contribution is 2.21. The summed E-state index contributed by atoms with van der Waals surface area (Å²) in [6.45, 7) is 4.91. The van der Waals surface area contributed by atoms with E-state index in [0.717, 1.165) is 11.3 Å². The highest BCUT2D eigenvalue weighted by Gasteiger charge is 2.34. The highest BCUT2D eigenvalue weighted by molar-refractivity contribution is 7.91. The number of rotatable bonds is 9. The molecular formula is C23H29NO5S. The molecule has 1 aliphatic heterocycles. The van der Waals surface area contributed by atoms with Crippen molar-refractivity contribution in [2.75, 3.05) is 24.7 Å². The van der Waals surface area contributed by atoms with Crippen LogP contribution in [-0.2, 0) is 21.2 Å². The van der Waals surface area contributed by atoms with Crippen LogP contribution in [0.25, 0.3) is 0 Å². The minimum absolute atomic E-state index is 0.0406. The van der Waals surface area contributed by atoms with E-state index in [1.807, 2.05) is 44.2 Å². The molecule has 2 aromatic carbocycles. The third-order valence-corrected chi connectivity index (χ3v) is 6.72. The van der Waals surface area contributed by atoms with E-state index in [1.165, 1.54) is 0 Å². The van der Waals surface area contributed by atoms with Crippen molar-refractivity contribution in [3.63, 3.8) is 0 Å². The van der Waals surface area contributed by atoms with Gasteiger partial charge in [0.1, 0.15) is 18.1 Å². The maximum Gasteiger partial charge on any atom is 0.260 e. The zero-order valence-electron chi connectivity index (χ0n) is 17.5. The minimum atomic E-state index is -3.06. The van der Waals surface area contributed by atoms with Crippen molar-refractivity contribution in [2.45, 2.75) is 32.9 Å². The largest absolute Gasteiger partial charge is 0.489 e. The molecule has 0 aliphatic carbocycles.